The number of rotatable bonds is 7. The van der Waals surface area contributed by atoms with Gasteiger partial charge < -0.3 is 0 Å². The third-order valence-corrected chi connectivity index (χ3v) is 5.89. The molecule has 0 aliphatic carbocycles. The predicted octanol–water partition coefficient (Wildman–Crippen LogP) is 2.92. The maximum absolute atomic E-state index is 12.8. The Balaban J connectivity index is 1.60. The van der Waals surface area contributed by atoms with Gasteiger partial charge in [0.2, 0.25) is 10.0 Å². The fourth-order valence-electron chi connectivity index (χ4n) is 2.99. The molecule has 0 spiro atoms. The van der Waals surface area contributed by atoms with Crippen molar-refractivity contribution in [2.45, 2.75) is 17.4 Å². The highest BCUT2D eigenvalue weighted by atomic mass is 32.2. The van der Waals surface area contributed by atoms with E-state index in [0.29, 0.717) is 12.1 Å². The summed E-state index contributed by atoms with van der Waals surface area (Å²) in [5.74, 6) is 0. The third-order valence-electron chi connectivity index (χ3n) is 4.43. The standard InChI is InChI=1S/C21H19N5O2S/c27-29(28,19-5-3-11-22-16-19)25-21(20-6-1-2-12-23-20)15-17-7-9-18(10-8-17)26-14-4-13-24-26/h1-14,16,21,25H,15H2. The van der Waals surface area contributed by atoms with Gasteiger partial charge in [-0.15, -0.1) is 0 Å². The van der Waals surface area contributed by atoms with Crippen molar-refractivity contribution >= 4 is 10.0 Å². The smallest absolute Gasteiger partial charge is 0.242 e. The van der Waals surface area contributed by atoms with E-state index in [9.17, 15) is 8.42 Å². The molecule has 8 heteroatoms. The summed E-state index contributed by atoms with van der Waals surface area (Å²) in [6.07, 6.45) is 8.57. The van der Waals surface area contributed by atoms with Crippen LogP contribution in [0, 0.1) is 0 Å². The number of hydrogen-bond donors (Lipinski definition) is 1. The van der Waals surface area contributed by atoms with Crippen molar-refractivity contribution in [3.05, 3.63) is 103 Å². The summed E-state index contributed by atoms with van der Waals surface area (Å²) in [4.78, 5) is 8.38. The van der Waals surface area contributed by atoms with Crippen molar-refractivity contribution < 1.29 is 8.42 Å². The Kier molecular flexibility index (Phi) is 5.46. The largest absolute Gasteiger partial charge is 0.263 e. The molecule has 3 aromatic heterocycles. The molecule has 146 valence electrons. The van der Waals surface area contributed by atoms with Crippen LogP contribution < -0.4 is 4.72 Å². The van der Waals surface area contributed by atoms with Crippen LogP contribution in [-0.4, -0.2) is 28.2 Å². The van der Waals surface area contributed by atoms with Crippen LogP contribution in [0.2, 0.25) is 0 Å². The van der Waals surface area contributed by atoms with Crippen LogP contribution in [0.25, 0.3) is 5.69 Å². The van der Waals surface area contributed by atoms with E-state index >= 15 is 0 Å². The van der Waals surface area contributed by atoms with Crippen molar-refractivity contribution in [1.29, 1.82) is 0 Å². The predicted molar refractivity (Wildman–Crippen MR) is 109 cm³/mol. The molecule has 0 aliphatic rings. The number of aromatic nitrogens is 4. The van der Waals surface area contributed by atoms with Crippen LogP contribution in [0.4, 0.5) is 0 Å². The van der Waals surface area contributed by atoms with Crippen molar-refractivity contribution in [2.75, 3.05) is 0 Å². The van der Waals surface area contributed by atoms with Crippen LogP contribution in [0.1, 0.15) is 17.3 Å². The number of benzene rings is 1. The van der Waals surface area contributed by atoms with E-state index in [1.807, 2.05) is 48.7 Å². The number of nitrogens with one attached hydrogen (secondary N) is 1. The second-order valence-corrected chi connectivity index (χ2v) is 8.15. The Morgan fingerprint density at radius 2 is 1.79 bits per heavy atom. The second kappa shape index (κ2) is 8.34. The van der Waals surface area contributed by atoms with Gasteiger partial charge >= 0.3 is 0 Å². The molecular formula is C21H19N5O2S. The number of hydrogen-bond acceptors (Lipinski definition) is 5. The molecule has 0 radical (unpaired) electrons. The molecule has 3 heterocycles. The molecule has 0 aliphatic heterocycles. The molecule has 7 nitrogen and oxygen atoms in total. The van der Waals surface area contributed by atoms with Gasteiger partial charge in [-0.1, -0.05) is 18.2 Å². The highest BCUT2D eigenvalue weighted by molar-refractivity contribution is 7.89. The van der Waals surface area contributed by atoms with Gasteiger partial charge in [-0.25, -0.2) is 17.8 Å². The maximum Gasteiger partial charge on any atom is 0.242 e. The number of pyridine rings is 2. The van der Waals surface area contributed by atoms with Gasteiger partial charge in [-0.2, -0.15) is 5.10 Å². The fourth-order valence-corrected chi connectivity index (χ4v) is 4.16. The lowest BCUT2D eigenvalue weighted by Gasteiger charge is -2.19. The molecule has 1 unspecified atom stereocenters. The topological polar surface area (TPSA) is 89.8 Å². The Bertz CT molecular complexity index is 1150. The summed E-state index contributed by atoms with van der Waals surface area (Å²) in [7, 11) is -3.74. The SMILES string of the molecule is O=S(=O)(NC(Cc1ccc(-n2cccn2)cc1)c1ccccn1)c1cccnc1. The summed E-state index contributed by atoms with van der Waals surface area (Å²) >= 11 is 0. The monoisotopic (exact) mass is 405 g/mol. The fraction of sp³-hybridized carbons (Fsp3) is 0.0952. The van der Waals surface area contributed by atoms with E-state index in [1.54, 1.807) is 29.2 Å². The first-order chi connectivity index (χ1) is 14.1. The first-order valence-corrected chi connectivity index (χ1v) is 10.5. The van der Waals surface area contributed by atoms with Gasteiger partial charge in [-0.05, 0) is 54.4 Å². The molecule has 1 N–H and O–H groups in total. The Morgan fingerprint density at radius 1 is 0.931 bits per heavy atom. The second-order valence-electron chi connectivity index (χ2n) is 6.44. The van der Waals surface area contributed by atoms with Gasteiger partial charge in [0, 0.05) is 31.0 Å². The normalized spacial score (nSPS) is 12.6. The number of sulfonamides is 1. The summed E-state index contributed by atoms with van der Waals surface area (Å²) in [6.45, 7) is 0. The quantitative estimate of drug-likeness (QED) is 0.511. The van der Waals surface area contributed by atoms with E-state index in [2.05, 4.69) is 19.8 Å². The van der Waals surface area contributed by atoms with Gasteiger partial charge in [0.05, 0.1) is 17.4 Å². The minimum absolute atomic E-state index is 0.120. The molecule has 0 fully saturated rings. The van der Waals surface area contributed by atoms with Crippen LogP contribution in [0.5, 0.6) is 0 Å². The van der Waals surface area contributed by atoms with E-state index in [4.69, 9.17) is 0 Å². The molecule has 0 bridgehead atoms. The molecule has 4 aromatic rings. The van der Waals surface area contributed by atoms with E-state index in [1.165, 1.54) is 18.5 Å². The molecule has 1 atom stereocenters. The van der Waals surface area contributed by atoms with E-state index in [-0.39, 0.29) is 4.90 Å². The first-order valence-electron chi connectivity index (χ1n) is 9.04. The molecule has 0 amide bonds. The Morgan fingerprint density at radius 3 is 2.45 bits per heavy atom. The molecule has 1 aromatic carbocycles. The highest BCUT2D eigenvalue weighted by Crippen LogP contribution is 2.21. The number of nitrogens with zero attached hydrogens (tertiary/aromatic N) is 4. The summed E-state index contributed by atoms with van der Waals surface area (Å²) in [6, 6.07) is 17.7. The van der Waals surface area contributed by atoms with Crippen LogP contribution in [0.15, 0.2) is 96.5 Å². The van der Waals surface area contributed by atoms with Crippen LogP contribution in [-0.2, 0) is 16.4 Å². The van der Waals surface area contributed by atoms with Gasteiger partial charge in [0.1, 0.15) is 4.90 Å². The average Bonchev–Trinajstić information content (AvgIpc) is 3.30. The molecule has 29 heavy (non-hydrogen) atoms. The zero-order valence-corrected chi connectivity index (χ0v) is 16.3. The van der Waals surface area contributed by atoms with E-state index in [0.717, 1.165) is 11.3 Å². The van der Waals surface area contributed by atoms with Gasteiger partial charge in [-0.3, -0.25) is 9.97 Å². The average molecular weight is 405 g/mol. The van der Waals surface area contributed by atoms with Gasteiger partial charge in [0.25, 0.3) is 0 Å². The van der Waals surface area contributed by atoms with Crippen molar-refractivity contribution in [1.82, 2.24) is 24.5 Å². The third kappa shape index (κ3) is 4.56. The lowest BCUT2D eigenvalue weighted by atomic mass is 10.0. The Hall–Kier alpha value is -3.36. The molecular weight excluding hydrogens is 386 g/mol. The first kappa shape index (κ1) is 19.0. The van der Waals surface area contributed by atoms with Crippen molar-refractivity contribution in [3.63, 3.8) is 0 Å². The lowest BCUT2D eigenvalue weighted by molar-refractivity contribution is 0.549. The molecule has 4 rings (SSSR count). The maximum atomic E-state index is 12.8. The van der Waals surface area contributed by atoms with Crippen molar-refractivity contribution in [2.24, 2.45) is 0 Å². The zero-order chi connectivity index (χ0) is 20.1. The minimum Gasteiger partial charge on any atom is -0.263 e. The van der Waals surface area contributed by atoms with Crippen LogP contribution in [0.3, 0.4) is 0 Å². The van der Waals surface area contributed by atoms with Gasteiger partial charge in [0.15, 0.2) is 0 Å². The molecule has 0 saturated heterocycles. The zero-order valence-electron chi connectivity index (χ0n) is 15.5. The Labute approximate surface area is 169 Å². The summed E-state index contributed by atoms with van der Waals surface area (Å²) in [5.41, 5.74) is 2.56. The van der Waals surface area contributed by atoms with Crippen LogP contribution >= 0.6 is 0 Å². The highest BCUT2D eigenvalue weighted by Gasteiger charge is 2.23. The minimum atomic E-state index is -3.74. The summed E-state index contributed by atoms with van der Waals surface area (Å²) in [5, 5.41) is 4.22. The lowest BCUT2D eigenvalue weighted by Crippen LogP contribution is -2.30. The van der Waals surface area contributed by atoms with Crippen molar-refractivity contribution in [3.8, 4) is 5.69 Å². The van der Waals surface area contributed by atoms with E-state index < -0.39 is 16.1 Å². The molecule has 0 saturated carbocycles. The summed E-state index contributed by atoms with van der Waals surface area (Å²) < 4.78 is 30.2.